The molecule has 174 valence electrons. The van der Waals surface area contributed by atoms with Crippen molar-refractivity contribution in [3.05, 3.63) is 87.8 Å². The van der Waals surface area contributed by atoms with Gasteiger partial charge in [0.2, 0.25) is 5.78 Å². The fraction of sp³-hybridized carbons (Fsp3) is 0.280. The molecule has 0 bridgehead atoms. The van der Waals surface area contributed by atoms with E-state index in [-0.39, 0.29) is 11.8 Å². The summed E-state index contributed by atoms with van der Waals surface area (Å²) in [4.78, 5) is 19.5. The number of halogens is 2. The summed E-state index contributed by atoms with van der Waals surface area (Å²) in [6, 6.07) is 13.4. The van der Waals surface area contributed by atoms with Crippen LogP contribution in [-0.4, -0.2) is 41.4 Å². The third-order valence-electron chi connectivity index (χ3n) is 5.09. The SMILES string of the molecule is CCC(c1ccc(Cl)c(Cl)c1)n1c(C(=O)/C=C/N(C)C)cnc1SCc1ccc(OC)cc1. The molecule has 0 aliphatic rings. The Morgan fingerprint density at radius 2 is 1.91 bits per heavy atom. The molecule has 1 aromatic heterocycles. The summed E-state index contributed by atoms with van der Waals surface area (Å²) in [7, 11) is 5.40. The van der Waals surface area contributed by atoms with Crippen LogP contribution in [0.25, 0.3) is 0 Å². The molecule has 3 aromatic rings. The van der Waals surface area contributed by atoms with Gasteiger partial charge in [-0.1, -0.05) is 60.1 Å². The van der Waals surface area contributed by atoms with Gasteiger partial charge in [0, 0.05) is 32.1 Å². The highest BCUT2D eigenvalue weighted by Crippen LogP contribution is 2.34. The van der Waals surface area contributed by atoms with E-state index in [0.29, 0.717) is 21.5 Å². The first-order valence-corrected chi connectivity index (χ1v) is 12.2. The molecular weight excluding hydrogens is 477 g/mol. The third kappa shape index (κ3) is 6.34. The summed E-state index contributed by atoms with van der Waals surface area (Å²) in [6.07, 6.45) is 5.71. The topological polar surface area (TPSA) is 47.4 Å². The van der Waals surface area contributed by atoms with Crippen LogP contribution in [0.1, 0.15) is 41.0 Å². The van der Waals surface area contributed by atoms with Crippen molar-refractivity contribution in [3.63, 3.8) is 0 Å². The van der Waals surface area contributed by atoms with Gasteiger partial charge in [-0.2, -0.15) is 0 Å². The van der Waals surface area contributed by atoms with Gasteiger partial charge in [-0.25, -0.2) is 4.98 Å². The second-order valence-corrected chi connectivity index (χ2v) is 9.43. The van der Waals surface area contributed by atoms with Crippen LogP contribution in [-0.2, 0) is 5.75 Å². The van der Waals surface area contributed by atoms with E-state index in [0.717, 1.165) is 28.5 Å². The molecule has 1 atom stereocenters. The monoisotopic (exact) mass is 503 g/mol. The van der Waals surface area contributed by atoms with E-state index >= 15 is 0 Å². The normalized spacial score (nSPS) is 12.2. The van der Waals surface area contributed by atoms with Gasteiger partial charge in [-0.05, 0) is 41.8 Å². The predicted molar refractivity (Wildman–Crippen MR) is 137 cm³/mol. The number of thioether (sulfide) groups is 1. The molecule has 1 unspecified atom stereocenters. The number of ether oxygens (including phenoxy) is 1. The number of rotatable bonds is 10. The van der Waals surface area contributed by atoms with E-state index in [1.165, 1.54) is 0 Å². The number of ketones is 1. The van der Waals surface area contributed by atoms with E-state index < -0.39 is 0 Å². The summed E-state index contributed by atoms with van der Waals surface area (Å²) in [5.74, 6) is 1.42. The van der Waals surface area contributed by atoms with Crippen molar-refractivity contribution in [2.75, 3.05) is 21.2 Å². The average molecular weight is 504 g/mol. The Morgan fingerprint density at radius 1 is 1.18 bits per heavy atom. The number of hydrogen-bond acceptors (Lipinski definition) is 5. The van der Waals surface area contributed by atoms with Crippen LogP contribution in [0.2, 0.25) is 10.0 Å². The summed E-state index contributed by atoms with van der Waals surface area (Å²) < 4.78 is 7.25. The first kappa shape index (κ1) is 25.2. The molecule has 8 heteroatoms. The Balaban J connectivity index is 1.99. The van der Waals surface area contributed by atoms with Crippen molar-refractivity contribution in [3.8, 4) is 5.75 Å². The minimum Gasteiger partial charge on any atom is -0.497 e. The molecule has 5 nitrogen and oxygen atoms in total. The zero-order chi connectivity index (χ0) is 24.0. The Morgan fingerprint density at radius 3 is 2.52 bits per heavy atom. The number of methoxy groups -OCH3 is 1. The summed E-state index contributed by atoms with van der Waals surface area (Å²) >= 11 is 14.0. The Hall–Kier alpha value is -2.41. The molecule has 0 amide bonds. The maximum atomic E-state index is 13.1. The molecule has 0 radical (unpaired) electrons. The van der Waals surface area contributed by atoms with Crippen LogP contribution in [0.15, 0.2) is 66.1 Å². The lowest BCUT2D eigenvalue weighted by atomic mass is 10.0. The van der Waals surface area contributed by atoms with E-state index in [1.54, 1.807) is 43.4 Å². The fourth-order valence-electron chi connectivity index (χ4n) is 3.39. The highest BCUT2D eigenvalue weighted by atomic mass is 35.5. The molecule has 2 aromatic carbocycles. The standard InChI is InChI=1S/C25H27Cl2N3O2S/c1-5-22(18-8-11-20(26)21(27)14-18)30-23(24(31)12-13-29(2)3)15-28-25(30)33-16-17-6-9-19(32-4)10-7-17/h6-15,22H,5,16H2,1-4H3/b13-12+. The van der Waals surface area contributed by atoms with Crippen molar-refractivity contribution >= 4 is 40.7 Å². The number of benzene rings is 2. The van der Waals surface area contributed by atoms with E-state index in [2.05, 4.69) is 11.9 Å². The maximum absolute atomic E-state index is 13.1. The Kier molecular flexibility index (Phi) is 8.89. The largest absolute Gasteiger partial charge is 0.497 e. The number of aromatic nitrogens is 2. The summed E-state index contributed by atoms with van der Waals surface area (Å²) in [5.41, 5.74) is 2.64. The second kappa shape index (κ2) is 11.6. The van der Waals surface area contributed by atoms with E-state index in [1.807, 2.05) is 60.0 Å². The lowest BCUT2D eigenvalue weighted by Gasteiger charge is -2.22. The van der Waals surface area contributed by atoms with Crippen molar-refractivity contribution in [2.24, 2.45) is 0 Å². The smallest absolute Gasteiger partial charge is 0.205 e. The van der Waals surface area contributed by atoms with Gasteiger partial charge in [-0.3, -0.25) is 4.79 Å². The first-order valence-electron chi connectivity index (χ1n) is 10.5. The third-order valence-corrected chi connectivity index (χ3v) is 6.87. The van der Waals surface area contributed by atoms with Crippen LogP contribution >= 0.6 is 35.0 Å². The quantitative estimate of drug-likeness (QED) is 0.174. The van der Waals surface area contributed by atoms with Gasteiger partial charge in [0.15, 0.2) is 5.16 Å². The van der Waals surface area contributed by atoms with Crippen LogP contribution < -0.4 is 4.74 Å². The molecular formula is C25H27Cl2N3O2S. The van der Waals surface area contributed by atoms with Crippen molar-refractivity contribution in [2.45, 2.75) is 30.3 Å². The van der Waals surface area contributed by atoms with Crippen molar-refractivity contribution in [1.29, 1.82) is 0 Å². The lowest BCUT2D eigenvalue weighted by Crippen LogP contribution is -2.17. The zero-order valence-electron chi connectivity index (χ0n) is 19.1. The van der Waals surface area contributed by atoms with Gasteiger partial charge in [-0.15, -0.1) is 0 Å². The Labute approximate surface area is 209 Å². The molecule has 0 saturated heterocycles. The molecule has 33 heavy (non-hydrogen) atoms. The lowest BCUT2D eigenvalue weighted by molar-refractivity contribution is 0.103. The summed E-state index contributed by atoms with van der Waals surface area (Å²) in [6.45, 7) is 2.08. The predicted octanol–water partition coefficient (Wildman–Crippen LogP) is 6.75. The number of imidazole rings is 1. The number of hydrogen-bond donors (Lipinski definition) is 0. The van der Waals surface area contributed by atoms with Crippen LogP contribution in [0.5, 0.6) is 5.75 Å². The minimum atomic E-state index is -0.118. The molecule has 3 rings (SSSR count). The number of carbonyl (C=O) groups excluding carboxylic acids is 1. The van der Waals surface area contributed by atoms with Crippen LogP contribution in [0, 0.1) is 0 Å². The molecule has 0 fully saturated rings. The van der Waals surface area contributed by atoms with Crippen LogP contribution in [0.3, 0.4) is 0 Å². The van der Waals surface area contributed by atoms with Crippen LogP contribution in [0.4, 0.5) is 0 Å². The Bertz CT molecular complexity index is 1130. The molecule has 1 heterocycles. The highest BCUT2D eigenvalue weighted by molar-refractivity contribution is 7.98. The highest BCUT2D eigenvalue weighted by Gasteiger charge is 2.23. The van der Waals surface area contributed by atoms with Crippen molar-refractivity contribution < 1.29 is 9.53 Å². The number of carbonyl (C=O) groups is 1. The summed E-state index contributed by atoms with van der Waals surface area (Å²) in [5, 5.41) is 1.76. The van der Waals surface area contributed by atoms with Gasteiger partial charge >= 0.3 is 0 Å². The van der Waals surface area contributed by atoms with Gasteiger partial charge in [0.05, 0.1) is 29.4 Å². The molecule has 0 aliphatic carbocycles. The van der Waals surface area contributed by atoms with Gasteiger partial charge < -0.3 is 14.2 Å². The van der Waals surface area contributed by atoms with Gasteiger partial charge in [0.25, 0.3) is 0 Å². The number of allylic oxidation sites excluding steroid dienone is 1. The molecule has 0 spiro atoms. The second-order valence-electron chi connectivity index (χ2n) is 7.67. The van der Waals surface area contributed by atoms with Gasteiger partial charge in [0.1, 0.15) is 11.4 Å². The van der Waals surface area contributed by atoms with E-state index in [4.69, 9.17) is 27.9 Å². The molecule has 0 N–H and O–H groups in total. The van der Waals surface area contributed by atoms with E-state index in [9.17, 15) is 4.79 Å². The first-order chi connectivity index (χ1) is 15.8. The average Bonchev–Trinajstić information content (AvgIpc) is 3.23. The number of nitrogens with zero attached hydrogens (tertiary/aromatic N) is 3. The molecule has 0 saturated carbocycles. The fourth-order valence-corrected chi connectivity index (χ4v) is 4.68. The maximum Gasteiger partial charge on any atom is 0.205 e. The van der Waals surface area contributed by atoms with Crippen molar-refractivity contribution in [1.82, 2.24) is 14.5 Å². The zero-order valence-corrected chi connectivity index (χ0v) is 21.4. The minimum absolute atomic E-state index is 0.106. The molecule has 0 aliphatic heterocycles.